The smallest absolute Gasteiger partial charge is 0.262 e. The van der Waals surface area contributed by atoms with Gasteiger partial charge < -0.3 is 14.5 Å². The van der Waals surface area contributed by atoms with Gasteiger partial charge in [0.15, 0.2) is 12.4 Å². The van der Waals surface area contributed by atoms with Crippen LogP contribution in [0.2, 0.25) is 0 Å². The Bertz CT molecular complexity index is 1320. The average Bonchev–Trinajstić information content (AvgIpc) is 3.11. The first-order chi connectivity index (χ1) is 15.3. The standard InChI is InChI=1S/C26H22FNO4/c1-15-10-16(2)12-19(11-15)31-14-23(29)28-24-20-6-4-5-7-22(20)32-26(24)25(30)18-9-8-17(3)21(27)13-18/h4-13H,14H2,1-3H3,(H,28,29). The van der Waals surface area contributed by atoms with Crippen LogP contribution in [0.1, 0.15) is 32.8 Å². The molecule has 4 aromatic rings. The molecule has 3 aromatic carbocycles. The average molecular weight is 431 g/mol. The minimum Gasteiger partial charge on any atom is -0.484 e. The van der Waals surface area contributed by atoms with Crippen molar-refractivity contribution >= 4 is 28.3 Å². The van der Waals surface area contributed by atoms with Crippen molar-refractivity contribution in [1.82, 2.24) is 0 Å². The molecule has 0 aliphatic carbocycles. The fraction of sp³-hybridized carbons (Fsp3) is 0.154. The van der Waals surface area contributed by atoms with Crippen molar-refractivity contribution in [3.8, 4) is 5.75 Å². The van der Waals surface area contributed by atoms with Crippen molar-refractivity contribution in [1.29, 1.82) is 0 Å². The number of hydrogen-bond donors (Lipinski definition) is 1. The SMILES string of the molecule is Cc1cc(C)cc(OCC(=O)Nc2c(C(=O)c3ccc(C)c(F)c3)oc3ccccc23)c1. The van der Waals surface area contributed by atoms with Gasteiger partial charge in [-0.3, -0.25) is 9.59 Å². The predicted octanol–water partition coefficient (Wildman–Crippen LogP) is 5.75. The number of anilines is 1. The third kappa shape index (κ3) is 4.39. The third-order valence-electron chi connectivity index (χ3n) is 5.07. The van der Waals surface area contributed by atoms with E-state index in [0.717, 1.165) is 11.1 Å². The van der Waals surface area contributed by atoms with Gasteiger partial charge in [-0.2, -0.15) is 0 Å². The maximum absolute atomic E-state index is 14.0. The first kappa shape index (κ1) is 21.3. The summed E-state index contributed by atoms with van der Waals surface area (Å²) in [6, 6.07) is 16.9. The highest BCUT2D eigenvalue weighted by atomic mass is 19.1. The van der Waals surface area contributed by atoms with Crippen molar-refractivity contribution in [3.05, 3.63) is 94.5 Å². The number of nitrogens with one attached hydrogen (secondary N) is 1. The Hall–Kier alpha value is -3.93. The summed E-state index contributed by atoms with van der Waals surface area (Å²) in [5.41, 5.74) is 3.30. The van der Waals surface area contributed by atoms with E-state index in [1.807, 2.05) is 32.0 Å². The zero-order chi connectivity index (χ0) is 22.8. The van der Waals surface area contributed by atoms with Gasteiger partial charge in [-0.05, 0) is 67.8 Å². The maximum atomic E-state index is 14.0. The molecule has 0 saturated carbocycles. The highest BCUT2D eigenvalue weighted by molar-refractivity contribution is 6.17. The number of fused-ring (bicyclic) bond motifs is 1. The zero-order valence-corrected chi connectivity index (χ0v) is 18.0. The van der Waals surface area contributed by atoms with Crippen molar-refractivity contribution in [2.24, 2.45) is 0 Å². The third-order valence-corrected chi connectivity index (χ3v) is 5.07. The molecule has 6 heteroatoms. The number of ketones is 1. The molecule has 0 atom stereocenters. The number of halogens is 1. The summed E-state index contributed by atoms with van der Waals surface area (Å²) in [6.45, 7) is 5.27. The number of carbonyl (C=O) groups is 2. The van der Waals surface area contributed by atoms with Crippen LogP contribution < -0.4 is 10.1 Å². The van der Waals surface area contributed by atoms with Gasteiger partial charge in [-0.15, -0.1) is 0 Å². The van der Waals surface area contributed by atoms with E-state index in [2.05, 4.69) is 5.32 Å². The summed E-state index contributed by atoms with van der Waals surface area (Å²) < 4.78 is 25.4. The van der Waals surface area contributed by atoms with E-state index < -0.39 is 17.5 Å². The molecule has 162 valence electrons. The lowest BCUT2D eigenvalue weighted by atomic mass is 10.0. The van der Waals surface area contributed by atoms with Gasteiger partial charge in [-0.1, -0.05) is 30.3 Å². The van der Waals surface area contributed by atoms with Crippen LogP contribution in [0.3, 0.4) is 0 Å². The van der Waals surface area contributed by atoms with Crippen LogP contribution in [0, 0.1) is 26.6 Å². The van der Waals surface area contributed by atoms with Crippen molar-refractivity contribution < 1.29 is 23.1 Å². The van der Waals surface area contributed by atoms with Crippen LogP contribution in [0.15, 0.2) is 65.1 Å². The normalized spacial score (nSPS) is 10.9. The molecular formula is C26H22FNO4. The Kier molecular flexibility index (Phi) is 5.77. The van der Waals surface area contributed by atoms with Gasteiger partial charge in [0, 0.05) is 10.9 Å². The first-order valence-electron chi connectivity index (χ1n) is 10.1. The van der Waals surface area contributed by atoms with Crippen LogP contribution in [0.4, 0.5) is 10.1 Å². The van der Waals surface area contributed by atoms with E-state index in [-0.39, 0.29) is 23.6 Å². The van der Waals surface area contributed by atoms with Crippen LogP contribution >= 0.6 is 0 Å². The topological polar surface area (TPSA) is 68.5 Å². The van der Waals surface area contributed by atoms with Gasteiger partial charge in [0.1, 0.15) is 17.1 Å². The zero-order valence-electron chi connectivity index (χ0n) is 18.0. The molecule has 0 aliphatic rings. The van der Waals surface area contributed by atoms with Gasteiger partial charge in [-0.25, -0.2) is 4.39 Å². The fourth-order valence-electron chi connectivity index (χ4n) is 3.54. The number of aryl methyl sites for hydroxylation is 3. The molecule has 1 amide bonds. The first-order valence-corrected chi connectivity index (χ1v) is 10.1. The minimum atomic E-state index is -0.523. The van der Waals surface area contributed by atoms with Gasteiger partial charge in [0.25, 0.3) is 5.91 Å². The Balaban J connectivity index is 1.62. The summed E-state index contributed by atoms with van der Waals surface area (Å²) in [4.78, 5) is 25.8. The molecule has 1 heterocycles. The molecule has 0 bridgehead atoms. The van der Waals surface area contributed by atoms with Crippen molar-refractivity contribution in [2.45, 2.75) is 20.8 Å². The number of carbonyl (C=O) groups excluding carboxylic acids is 2. The highest BCUT2D eigenvalue weighted by Crippen LogP contribution is 2.32. The fourth-order valence-corrected chi connectivity index (χ4v) is 3.54. The van der Waals surface area contributed by atoms with Gasteiger partial charge in [0.2, 0.25) is 5.78 Å². The molecule has 1 N–H and O–H groups in total. The largest absolute Gasteiger partial charge is 0.484 e. The minimum absolute atomic E-state index is 0.0609. The monoisotopic (exact) mass is 431 g/mol. The van der Waals surface area contributed by atoms with Gasteiger partial charge in [0.05, 0.1) is 5.69 Å². The Morgan fingerprint density at radius 3 is 2.41 bits per heavy atom. The number of para-hydroxylation sites is 1. The summed E-state index contributed by atoms with van der Waals surface area (Å²) >= 11 is 0. The highest BCUT2D eigenvalue weighted by Gasteiger charge is 2.24. The van der Waals surface area contributed by atoms with E-state index in [4.69, 9.17) is 9.15 Å². The lowest BCUT2D eigenvalue weighted by Gasteiger charge is -2.09. The molecule has 0 radical (unpaired) electrons. The summed E-state index contributed by atoms with van der Waals surface area (Å²) in [5.74, 6) is -0.930. The molecule has 5 nitrogen and oxygen atoms in total. The van der Waals surface area contributed by atoms with E-state index in [9.17, 15) is 14.0 Å². The molecule has 0 unspecified atom stereocenters. The Morgan fingerprint density at radius 1 is 0.969 bits per heavy atom. The Labute approximate surface area is 184 Å². The van der Waals surface area contributed by atoms with Gasteiger partial charge >= 0.3 is 0 Å². The summed E-state index contributed by atoms with van der Waals surface area (Å²) in [7, 11) is 0. The molecule has 32 heavy (non-hydrogen) atoms. The molecule has 0 fully saturated rings. The molecule has 1 aromatic heterocycles. The molecular weight excluding hydrogens is 409 g/mol. The Morgan fingerprint density at radius 2 is 1.69 bits per heavy atom. The van der Waals surface area contributed by atoms with E-state index in [1.165, 1.54) is 18.2 Å². The molecule has 0 saturated heterocycles. The number of furan rings is 1. The molecule has 0 spiro atoms. The second-order valence-corrected chi connectivity index (χ2v) is 7.76. The quantitative estimate of drug-likeness (QED) is 0.395. The summed E-state index contributed by atoms with van der Waals surface area (Å²) in [5, 5.41) is 3.31. The predicted molar refractivity (Wildman–Crippen MR) is 121 cm³/mol. The lowest BCUT2D eigenvalue weighted by Crippen LogP contribution is -2.21. The van der Waals surface area contributed by atoms with Crippen LogP contribution in [-0.4, -0.2) is 18.3 Å². The maximum Gasteiger partial charge on any atom is 0.262 e. The number of amides is 1. The second kappa shape index (κ2) is 8.67. The number of rotatable bonds is 6. The van der Waals surface area contributed by atoms with Crippen molar-refractivity contribution in [2.75, 3.05) is 11.9 Å². The number of benzene rings is 3. The number of hydrogen-bond acceptors (Lipinski definition) is 4. The molecule has 0 aliphatic heterocycles. The van der Waals surface area contributed by atoms with Crippen LogP contribution in [0.25, 0.3) is 11.0 Å². The van der Waals surface area contributed by atoms with Crippen LogP contribution in [-0.2, 0) is 4.79 Å². The van der Waals surface area contributed by atoms with E-state index >= 15 is 0 Å². The number of ether oxygens (including phenoxy) is 1. The summed E-state index contributed by atoms with van der Waals surface area (Å²) in [6.07, 6.45) is 0. The van der Waals surface area contributed by atoms with E-state index in [1.54, 1.807) is 31.2 Å². The van der Waals surface area contributed by atoms with Crippen LogP contribution in [0.5, 0.6) is 5.75 Å². The van der Waals surface area contributed by atoms with E-state index in [0.29, 0.717) is 22.3 Å². The lowest BCUT2D eigenvalue weighted by molar-refractivity contribution is -0.118. The second-order valence-electron chi connectivity index (χ2n) is 7.76. The van der Waals surface area contributed by atoms with Crippen molar-refractivity contribution in [3.63, 3.8) is 0 Å². The molecule has 4 rings (SSSR count).